The van der Waals surface area contributed by atoms with Crippen LogP contribution in [0.1, 0.15) is 22.8 Å². The number of benzene rings is 4. The van der Waals surface area contributed by atoms with E-state index < -0.39 is 0 Å². The van der Waals surface area contributed by atoms with Crippen LogP contribution in [0.5, 0.6) is 0 Å². The maximum Gasteiger partial charge on any atom is 0.0737 e. The smallest absolute Gasteiger partial charge is 0.0737 e. The number of H-pyrrole nitrogens is 2. The Kier molecular flexibility index (Phi) is 11.4. The summed E-state index contributed by atoms with van der Waals surface area (Å²) in [5, 5.41) is 3.84. The van der Waals surface area contributed by atoms with E-state index in [9.17, 15) is 0 Å². The van der Waals surface area contributed by atoms with Gasteiger partial charge in [0, 0.05) is 102 Å². The van der Waals surface area contributed by atoms with Crippen LogP contribution in [0, 0.1) is 0 Å². The minimum Gasteiger partial charge on any atom is -0.354 e. The van der Waals surface area contributed by atoms with Crippen molar-refractivity contribution in [3.8, 4) is 44.5 Å². The van der Waals surface area contributed by atoms with Gasteiger partial charge in [-0.25, -0.2) is 9.97 Å². The summed E-state index contributed by atoms with van der Waals surface area (Å²) in [7, 11) is 0. The summed E-state index contributed by atoms with van der Waals surface area (Å²) < 4.78 is 0. The van der Waals surface area contributed by atoms with Crippen molar-refractivity contribution in [2.24, 2.45) is 0 Å². The zero-order valence-corrected chi connectivity index (χ0v) is 35.8. The summed E-state index contributed by atoms with van der Waals surface area (Å²) >= 11 is 52.9. The van der Waals surface area contributed by atoms with Crippen molar-refractivity contribution in [3.63, 3.8) is 0 Å². The molecule has 7 aromatic rings. The van der Waals surface area contributed by atoms with E-state index in [4.69, 9.17) is 103 Å². The molecule has 1 radical (unpaired) electrons. The molecule has 0 unspecified atom stereocenters. The van der Waals surface area contributed by atoms with Gasteiger partial charge in [0.25, 0.3) is 0 Å². The van der Waals surface area contributed by atoms with Gasteiger partial charge in [0.15, 0.2) is 0 Å². The Morgan fingerprint density at radius 1 is 0.298 bits per heavy atom. The molecule has 285 valence electrons. The van der Waals surface area contributed by atoms with Crippen molar-refractivity contribution in [2.45, 2.75) is 0 Å². The van der Waals surface area contributed by atoms with E-state index in [1.54, 1.807) is 24.3 Å². The zero-order valence-electron chi connectivity index (χ0n) is 28.8. The topological polar surface area (TPSA) is 57.4 Å². The molecule has 4 nitrogen and oxygen atoms in total. The second-order valence-electron chi connectivity index (χ2n) is 13.1. The van der Waals surface area contributed by atoms with Crippen LogP contribution in [0.2, 0.25) is 40.2 Å². The fourth-order valence-electron chi connectivity index (χ4n) is 7.21. The third-order valence-corrected chi connectivity index (χ3v) is 11.1. The predicted octanol–water partition coefficient (Wildman–Crippen LogP) is 16.5. The average Bonchev–Trinajstić information content (AvgIpc) is 3.94. The fraction of sp³-hybridized carbons (Fsp3) is 0. The van der Waals surface area contributed by atoms with Gasteiger partial charge < -0.3 is 9.97 Å². The number of aromatic nitrogens is 4. The molecule has 5 heterocycles. The molecule has 2 aliphatic heterocycles. The van der Waals surface area contributed by atoms with Crippen LogP contribution in [0.15, 0.2) is 97.1 Å². The van der Waals surface area contributed by atoms with Crippen LogP contribution >= 0.6 is 92.8 Å². The van der Waals surface area contributed by atoms with Crippen molar-refractivity contribution in [1.29, 1.82) is 0 Å². The molecular weight excluding hydrogens is 932 g/mol. The molecule has 0 saturated carbocycles. The van der Waals surface area contributed by atoms with Crippen LogP contribution in [0.25, 0.3) is 90.9 Å². The number of nitrogens with one attached hydrogen (secondary N) is 2. The van der Waals surface area contributed by atoms with Crippen molar-refractivity contribution in [1.82, 2.24) is 19.9 Å². The molecule has 0 spiro atoms. The van der Waals surface area contributed by atoms with Crippen LogP contribution in [0.4, 0.5) is 0 Å². The van der Waals surface area contributed by atoms with Gasteiger partial charge in [-0.15, -0.1) is 0 Å². The van der Waals surface area contributed by atoms with E-state index >= 15 is 0 Å². The minimum absolute atomic E-state index is 0. The third kappa shape index (κ3) is 8.05. The molecular formula is C44H22Cl8CuN4. The monoisotopic (exact) mass is 949 g/mol. The number of hydrogen-bond acceptors (Lipinski definition) is 2. The molecule has 9 rings (SSSR count). The fourth-order valence-corrected chi connectivity index (χ4v) is 9.32. The third-order valence-electron chi connectivity index (χ3n) is 9.36. The summed E-state index contributed by atoms with van der Waals surface area (Å²) in [6.07, 6.45) is 7.86. The first-order valence-corrected chi connectivity index (χ1v) is 20.0. The van der Waals surface area contributed by atoms with Crippen LogP contribution in [0.3, 0.4) is 0 Å². The summed E-state index contributed by atoms with van der Waals surface area (Å²) in [4.78, 5) is 17.9. The molecule has 13 heteroatoms. The van der Waals surface area contributed by atoms with Crippen molar-refractivity contribution < 1.29 is 17.1 Å². The number of hydrogen-bond donors (Lipinski definition) is 2. The molecule has 0 amide bonds. The number of fused-ring (bicyclic) bond motifs is 8. The molecule has 2 aliphatic rings. The molecule has 2 N–H and O–H groups in total. The number of rotatable bonds is 4. The second kappa shape index (κ2) is 16.2. The van der Waals surface area contributed by atoms with Gasteiger partial charge in [-0.3, -0.25) is 0 Å². The Hall–Kier alpha value is -3.68. The molecule has 57 heavy (non-hydrogen) atoms. The van der Waals surface area contributed by atoms with Crippen molar-refractivity contribution in [2.75, 3.05) is 0 Å². The van der Waals surface area contributed by atoms with Gasteiger partial charge in [-0.2, -0.15) is 0 Å². The maximum absolute atomic E-state index is 6.61. The van der Waals surface area contributed by atoms with E-state index in [-0.39, 0.29) is 17.1 Å². The first kappa shape index (κ1) is 40.1. The van der Waals surface area contributed by atoms with Gasteiger partial charge in [-0.05, 0) is 144 Å². The number of halogens is 8. The Bertz CT molecular complexity index is 2560. The SMILES string of the molecule is Clc1cc(Cl)cc(-c2c3nc(c(-c4cc(Cl)cc(Cl)c4)c4ccc([nH]4)c(-c4cc(Cl)cc(Cl)c4)c4nc(c(-c5cc(Cl)cc(Cl)c5)c5ccc2[nH]5)C=C4)C=C3)c1.[Cu]. The van der Waals surface area contributed by atoms with E-state index in [2.05, 4.69) is 9.97 Å². The summed E-state index contributed by atoms with van der Waals surface area (Å²) in [6.45, 7) is 0. The Morgan fingerprint density at radius 3 is 0.684 bits per heavy atom. The zero-order chi connectivity index (χ0) is 38.8. The van der Waals surface area contributed by atoms with E-state index in [0.717, 1.165) is 66.6 Å². The molecule has 0 fully saturated rings. The first-order chi connectivity index (χ1) is 26.9. The largest absolute Gasteiger partial charge is 0.354 e. The van der Waals surface area contributed by atoms with Crippen LogP contribution in [-0.2, 0) is 17.1 Å². The Balaban J connectivity index is 0.00000455. The Morgan fingerprint density at radius 2 is 0.491 bits per heavy atom. The quantitative estimate of drug-likeness (QED) is 0.173. The summed E-state index contributed by atoms with van der Waals surface area (Å²) in [5.41, 5.74) is 11.8. The van der Waals surface area contributed by atoms with Gasteiger partial charge in [0.1, 0.15) is 0 Å². The van der Waals surface area contributed by atoms with Gasteiger partial charge in [0.05, 0.1) is 22.8 Å². The number of nitrogens with zero attached hydrogens (tertiary/aromatic N) is 2. The van der Waals surface area contributed by atoms with Crippen molar-refractivity contribution in [3.05, 3.63) is 160 Å². The van der Waals surface area contributed by atoms with Gasteiger partial charge in [0.2, 0.25) is 0 Å². The van der Waals surface area contributed by atoms with E-state index in [1.165, 1.54) is 0 Å². The van der Waals surface area contributed by atoms with Crippen LogP contribution in [-0.4, -0.2) is 19.9 Å². The first-order valence-electron chi connectivity index (χ1n) is 17.0. The summed E-state index contributed by atoms with van der Waals surface area (Å²) in [5.74, 6) is 0. The molecule has 0 atom stereocenters. The molecule has 4 aromatic carbocycles. The van der Waals surface area contributed by atoms with Gasteiger partial charge >= 0.3 is 0 Å². The summed E-state index contributed by atoms with van der Waals surface area (Å²) in [6, 6.07) is 29.6. The standard InChI is InChI=1S/C44H22Cl8N4.Cu/c45-25-9-21(10-26(46)17-25)41-33-1-2-34(53-33)42(22-11-27(47)18-28(48)12-22)36-5-6-38(55-36)44(24-15-31(51)20-32(52)16-24)40-8-7-39(56-40)43(37-4-3-35(41)54-37)23-13-29(49)19-30(50)14-23;/h1-20,53,56H;. The van der Waals surface area contributed by atoms with Crippen LogP contribution < -0.4 is 0 Å². The minimum atomic E-state index is 0. The average molecular weight is 954 g/mol. The van der Waals surface area contributed by atoms with E-state index in [0.29, 0.717) is 63.0 Å². The van der Waals surface area contributed by atoms with Crippen molar-refractivity contribution >= 4 is 139 Å². The molecule has 3 aromatic heterocycles. The van der Waals surface area contributed by atoms with E-state index in [1.807, 2.05) is 97.1 Å². The van der Waals surface area contributed by atoms with Gasteiger partial charge in [-0.1, -0.05) is 92.8 Å². The molecule has 8 bridgehead atoms. The molecule has 0 saturated heterocycles. The normalized spacial score (nSPS) is 11.9. The molecule has 0 aliphatic carbocycles. The number of aromatic amines is 2. The maximum atomic E-state index is 6.61. The second-order valence-corrected chi connectivity index (χ2v) is 16.6. The predicted molar refractivity (Wildman–Crippen MR) is 241 cm³/mol. The Labute approximate surface area is 377 Å².